The highest BCUT2D eigenvalue weighted by Gasteiger charge is 2.18. The molecule has 2 aromatic heterocycles. The van der Waals surface area contributed by atoms with Gasteiger partial charge in [0.2, 0.25) is 6.79 Å². The number of carboxylic acid groups (broad SMARTS) is 1. The minimum absolute atomic E-state index is 0.148. The van der Waals surface area contributed by atoms with Gasteiger partial charge in [-0.25, -0.2) is 9.78 Å². The van der Waals surface area contributed by atoms with Gasteiger partial charge in [-0.2, -0.15) is 0 Å². The third kappa shape index (κ3) is 2.34. The molecule has 0 radical (unpaired) electrons. The summed E-state index contributed by atoms with van der Waals surface area (Å²) in [6.07, 6.45) is 1.77. The van der Waals surface area contributed by atoms with E-state index in [2.05, 4.69) is 15.2 Å². The maximum Gasteiger partial charge on any atom is 0.358 e. The van der Waals surface area contributed by atoms with Gasteiger partial charge in [0.05, 0.1) is 5.69 Å². The Hall–Kier alpha value is -3.42. The van der Waals surface area contributed by atoms with Crippen molar-refractivity contribution in [3.05, 3.63) is 47.8 Å². The summed E-state index contributed by atoms with van der Waals surface area (Å²) in [7, 11) is 0. The lowest BCUT2D eigenvalue weighted by molar-refractivity contribution is 0.0692. The highest BCUT2D eigenvalue weighted by atomic mass is 16.7. The first-order valence-corrected chi connectivity index (χ1v) is 7.15. The highest BCUT2D eigenvalue weighted by Crippen LogP contribution is 2.36. The number of pyridine rings is 1. The van der Waals surface area contributed by atoms with Gasteiger partial charge in [0.15, 0.2) is 23.0 Å². The van der Waals surface area contributed by atoms with Gasteiger partial charge in [-0.15, -0.1) is 10.2 Å². The molecule has 8 nitrogen and oxygen atoms in total. The van der Waals surface area contributed by atoms with Crippen LogP contribution in [0.2, 0.25) is 0 Å². The predicted octanol–water partition coefficient (Wildman–Crippen LogP) is 3.49. The number of aromatic nitrogens is 2. The SMILES string of the molecule is Cc1ccc2nc(C(=O)O)c(N=Nc3ccc4c(c3)OCO4)n2c1. The van der Waals surface area contributed by atoms with Crippen molar-refractivity contribution in [2.24, 2.45) is 10.2 Å². The van der Waals surface area contributed by atoms with E-state index in [9.17, 15) is 9.90 Å². The van der Waals surface area contributed by atoms with Gasteiger partial charge in [-0.1, -0.05) is 6.07 Å². The molecule has 3 heterocycles. The quantitative estimate of drug-likeness (QED) is 0.744. The summed E-state index contributed by atoms with van der Waals surface area (Å²) in [6, 6.07) is 8.72. The van der Waals surface area contributed by atoms with Crippen molar-refractivity contribution in [2.75, 3.05) is 6.79 Å². The summed E-state index contributed by atoms with van der Waals surface area (Å²) in [6.45, 7) is 2.07. The van der Waals surface area contributed by atoms with Crippen LogP contribution in [-0.2, 0) is 0 Å². The number of aryl methyl sites for hydroxylation is 1. The molecule has 0 spiro atoms. The summed E-state index contributed by atoms with van der Waals surface area (Å²) in [5.41, 5.74) is 1.83. The van der Waals surface area contributed by atoms with Gasteiger partial charge in [0, 0.05) is 12.3 Å². The van der Waals surface area contributed by atoms with Crippen LogP contribution in [0.25, 0.3) is 5.65 Å². The van der Waals surface area contributed by atoms with Gasteiger partial charge in [-0.3, -0.25) is 4.40 Å². The number of azo groups is 1. The number of rotatable bonds is 3. The first-order valence-electron chi connectivity index (χ1n) is 7.15. The lowest BCUT2D eigenvalue weighted by atomic mass is 10.3. The van der Waals surface area contributed by atoms with E-state index in [1.54, 1.807) is 34.9 Å². The topological polar surface area (TPSA) is 97.8 Å². The average Bonchev–Trinajstić information content (AvgIpc) is 3.16. The molecule has 0 saturated heterocycles. The van der Waals surface area contributed by atoms with Crippen LogP contribution in [0.4, 0.5) is 11.5 Å². The zero-order chi connectivity index (χ0) is 16.7. The van der Waals surface area contributed by atoms with Crippen LogP contribution in [0.15, 0.2) is 46.8 Å². The average molecular weight is 324 g/mol. The third-order valence-corrected chi connectivity index (χ3v) is 3.56. The Bertz CT molecular complexity index is 993. The molecule has 0 fully saturated rings. The number of aromatic carboxylic acids is 1. The van der Waals surface area contributed by atoms with Crippen molar-refractivity contribution in [3.8, 4) is 11.5 Å². The number of fused-ring (bicyclic) bond motifs is 2. The van der Waals surface area contributed by atoms with Gasteiger partial charge >= 0.3 is 5.97 Å². The third-order valence-electron chi connectivity index (χ3n) is 3.56. The summed E-state index contributed by atoms with van der Waals surface area (Å²) >= 11 is 0. The number of carboxylic acids is 1. The van der Waals surface area contributed by atoms with E-state index in [4.69, 9.17) is 9.47 Å². The Morgan fingerprint density at radius 3 is 2.88 bits per heavy atom. The molecule has 0 aliphatic carbocycles. The number of hydrogen-bond acceptors (Lipinski definition) is 6. The van der Waals surface area contributed by atoms with Crippen molar-refractivity contribution in [1.82, 2.24) is 9.38 Å². The number of carbonyl (C=O) groups is 1. The summed E-state index contributed by atoms with van der Waals surface area (Å²) in [5.74, 6) is 0.236. The molecule has 8 heteroatoms. The molecule has 3 aromatic rings. The van der Waals surface area contributed by atoms with Gasteiger partial charge in [-0.05, 0) is 30.7 Å². The number of ether oxygens (including phenoxy) is 2. The fourth-order valence-electron chi connectivity index (χ4n) is 2.43. The molecule has 4 rings (SSSR count). The molecular weight excluding hydrogens is 312 g/mol. The van der Waals surface area contributed by atoms with Gasteiger partial charge in [0.25, 0.3) is 0 Å². The fourth-order valence-corrected chi connectivity index (χ4v) is 2.43. The number of imidazole rings is 1. The summed E-state index contributed by atoms with van der Waals surface area (Å²) in [5, 5.41) is 17.6. The molecule has 0 bridgehead atoms. The van der Waals surface area contributed by atoms with E-state index in [1.807, 2.05) is 13.0 Å². The maximum absolute atomic E-state index is 11.4. The standard InChI is InChI=1S/C16H12N4O4/c1-9-2-5-13-17-14(16(21)22)15(20(13)7-9)19-18-10-3-4-11-12(6-10)24-8-23-11/h2-7H,8H2,1H3,(H,21,22). The molecule has 24 heavy (non-hydrogen) atoms. The summed E-state index contributed by atoms with van der Waals surface area (Å²) < 4.78 is 12.1. The Morgan fingerprint density at radius 2 is 2.04 bits per heavy atom. The van der Waals surface area contributed by atoms with E-state index in [0.29, 0.717) is 22.8 Å². The van der Waals surface area contributed by atoms with Crippen LogP contribution in [0.3, 0.4) is 0 Å². The monoisotopic (exact) mass is 324 g/mol. The minimum atomic E-state index is -1.16. The van der Waals surface area contributed by atoms with E-state index in [-0.39, 0.29) is 18.3 Å². The smallest absolute Gasteiger partial charge is 0.358 e. The van der Waals surface area contributed by atoms with Crippen LogP contribution < -0.4 is 9.47 Å². The van der Waals surface area contributed by atoms with Crippen LogP contribution in [-0.4, -0.2) is 27.3 Å². The number of hydrogen-bond donors (Lipinski definition) is 1. The zero-order valence-corrected chi connectivity index (χ0v) is 12.6. The van der Waals surface area contributed by atoms with E-state index >= 15 is 0 Å². The Kier molecular flexibility index (Phi) is 3.16. The van der Waals surface area contributed by atoms with Crippen LogP contribution in [0, 0.1) is 6.92 Å². The second-order valence-corrected chi connectivity index (χ2v) is 5.26. The Balaban J connectivity index is 1.79. The first-order chi connectivity index (χ1) is 11.6. The van der Waals surface area contributed by atoms with Crippen LogP contribution >= 0.6 is 0 Å². The maximum atomic E-state index is 11.4. The van der Waals surface area contributed by atoms with Crippen molar-refractivity contribution >= 4 is 23.1 Å². The molecule has 0 atom stereocenters. The van der Waals surface area contributed by atoms with Crippen molar-refractivity contribution < 1.29 is 19.4 Å². The lowest BCUT2D eigenvalue weighted by Gasteiger charge is -1.99. The lowest BCUT2D eigenvalue weighted by Crippen LogP contribution is -1.96. The summed E-state index contributed by atoms with van der Waals surface area (Å²) in [4.78, 5) is 15.5. The van der Waals surface area contributed by atoms with Crippen molar-refractivity contribution in [2.45, 2.75) is 6.92 Å². The van der Waals surface area contributed by atoms with E-state index in [1.165, 1.54) is 0 Å². The number of nitrogens with zero attached hydrogens (tertiary/aromatic N) is 4. The molecule has 0 amide bonds. The molecule has 1 aliphatic rings. The second-order valence-electron chi connectivity index (χ2n) is 5.26. The van der Waals surface area contributed by atoms with Crippen molar-refractivity contribution in [3.63, 3.8) is 0 Å². The van der Waals surface area contributed by atoms with Gasteiger partial charge < -0.3 is 14.6 Å². The molecule has 1 aromatic carbocycles. The molecular formula is C16H12N4O4. The largest absolute Gasteiger partial charge is 0.476 e. The highest BCUT2D eigenvalue weighted by molar-refractivity contribution is 5.91. The van der Waals surface area contributed by atoms with Crippen LogP contribution in [0.5, 0.6) is 11.5 Å². The predicted molar refractivity (Wildman–Crippen MR) is 83.6 cm³/mol. The minimum Gasteiger partial charge on any atom is -0.476 e. The molecule has 1 aliphatic heterocycles. The molecule has 0 unspecified atom stereocenters. The zero-order valence-electron chi connectivity index (χ0n) is 12.6. The van der Waals surface area contributed by atoms with E-state index in [0.717, 1.165) is 5.56 Å². The Morgan fingerprint density at radius 1 is 1.21 bits per heavy atom. The fraction of sp³-hybridized carbons (Fsp3) is 0.125. The Labute approximate surface area is 136 Å². The molecule has 0 saturated carbocycles. The normalized spacial score (nSPS) is 13.0. The molecule has 1 N–H and O–H groups in total. The van der Waals surface area contributed by atoms with Crippen molar-refractivity contribution in [1.29, 1.82) is 0 Å². The first kappa shape index (κ1) is 14.2. The van der Waals surface area contributed by atoms with Gasteiger partial charge in [0.1, 0.15) is 5.65 Å². The van der Waals surface area contributed by atoms with E-state index < -0.39 is 5.97 Å². The number of benzene rings is 1. The van der Waals surface area contributed by atoms with Crippen LogP contribution in [0.1, 0.15) is 16.1 Å². The second kappa shape index (κ2) is 5.34. The molecule has 120 valence electrons.